The Bertz CT molecular complexity index is 106. The Morgan fingerprint density at radius 1 is 1.40 bits per heavy atom. The standard InChI is InChI=1S/C5H7ClO4/c6-1-5(10-4-8)2-9-3-7/h3-5H,1-2H2. The topological polar surface area (TPSA) is 52.6 Å². The highest BCUT2D eigenvalue weighted by Gasteiger charge is 2.06. The van der Waals surface area contributed by atoms with Crippen LogP contribution in [-0.4, -0.2) is 31.5 Å². The molecule has 0 fully saturated rings. The van der Waals surface area contributed by atoms with Gasteiger partial charge >= 0.3 is 0 Å². The normalized spacial score (nSPS) is 11.7. The van der Waals surface area contributed by atoms with E-state index in [0.29, 0.717) is 0 Å². The molecular formula is C5H7ClO4. The first-order valence-corrected chi connectivity index (χ1v) is 3.09. The number of alkyl halides is 1. The fourth-order valence-corrected chi connectivity index (χ4v) is 0.507. The van der Waals surface area contributed by atoms with E-state index in [-0.39, 0.29) is 25.4 Å². The van der Waals surface area contributed by atoms with Crippen LogP contribution in [0.25, 0.3) is 0 Å². The summed E-state index contributed by atoms with van der Waals surface area (Å²) >= 11 is 5.30. The highest BCUT2D eigenvalue weighted by molar-refractivity contribution is 6.18. The Morgan fingerprint density at radius 3 is 2.50 bits per heavy atom. The van der Waals surface area contributed by atoms with Crippen molar-refractivity contribution in [3.05, 3.63) is 0 Å². The third-order valence-electron chi connectivity index (χ3n) is 0.770. The molecule has 0 bridgehead atoms. The van der Waals surface area contributed by atoms with Crippen LogP contribution in [0.3, 0.4) is 0 Å². The molecule has 0 N–H and O–H groups in total. The van der Waals surface area contributed by atoms with Crippen molar-refractivity contribution in [3.63, 3.8) is 0 Å². The first-order valence-electron chi connectivity index (χ1n) is 2.55. The zero-order valence-electron chi connectivity index (χ0n) is 5.16. The quantitative estimate of drug-likeness (QED) is 0.410. The van der Waals surface area contributed by atoms with Crippen LogP contribution in [-0.2, 0) is 19.1 Å². The average molecular weight is 167 g/mol. The molecule has 1 atom stereocenters. The van der Waals surface area contributed by atoms with E-state index in [0.717, 1.165) is 0 Å². The van der Waals surface area contributed by atoms with E-state index in [1.54, 1.807) is 0 Å². The summed E-state index contributed by atoms with van der Waals surface area (Å²) in [7, 11) is 0. The second kappa shape index (κ2) is 6.35. The van der Waals surface area contributed by atoms with Gasteiger partial charge in [-0.1, -0.05) is 0 Å². The maximum Gasteiger partial charge on any atom is 0.293 e. The van der Waals surface area contributed by atoms with Crippen LogP contribution in [0, 0.1) is 0 Å². The Hall–Kier alpha value is -0.770. The number of rotatable bonds is 6. The van der Waals surface area contributed by atoms with E-state index < -0.39 is 6.10 Å². The molecule has 0 radical (unpaired) electrons. The molecule has 5 heteroatoms. The summed E-state index contributed by atoms with van der Waals surface area (Å²) in [5.74, 6) is 0.118. The number of hydrogen-bond donors (Lipinski definition) is 0. The van der Waals surface area contributed by atoms with Gasteiger partial charge in [0.2, 0.25) is 0 Å². The molecule has 4 nitrogen and oxygen atoms in total. The van der Waals surface area contributed by atoms with E-state index >= 15 is 0 Å². The van der Waals surface area contributed by atoms with E-state index in [1.165, 1.54) is 0 Å². The number of ether oxygens (including phenoxy) is 2. The molecule has 0 aromatic rings. The van der Waals surface area contributed by atoms with Gasteiger partial charge in [-0.15, -0.1) is 11.6 Å². The van der Waals surface area contributed by atoms with E-state index in [9.17, 15) is 9.59 Å². The van der Waals surface area contributed by atoms with Crippen molar-refractivity contribution in [3.8, 4) is 0 Å². The summed E-state index contributed by atoms with van der Waals surface area (Å²) < 4.78 is 8.69. The molecule has 0 amide bonds. The lowest BCUT2D eigenvalue weighted by atomic mass is 10.4. The molecule has 0 heterocycles. The molecular weight excluding hydrogens is 160 g/mol. The zero-order chi connectivity index (χ0) is 7.82. The lowest BCUT2D eigenvalue weighted by molar-refractivity contribution is -0.141. The van der Waals surface area contributed by atoms with Crippen molar-refractivity contribution in [1.29, 1.82) is 0 Å². The number of hydrogen-bond acceptors (Lipinski definition) is 4. The van der Waals surface area contributed by atoms with Gasteiger partial charge in [0.25, 0.3) is 12.9 Å². The molecule has 0 saturated carbocycles. The van der Waals surface area contributed by atoms with Gasteiger partial charge < -0.3 is 9.47 Å². The SMILES string of the molecule is O=COCC(CCl)OC=O. The number of carbonyl (C=O) groups is 2. The molecule has 0 aromatic heterocycles. The second-order valence-electron chi connectivity index (χ2n) is 1.44. The molecule has 58 valence electrons. The highest BCUT2D eigenvalue weighted by Crippen LogP contribution is 1.93. The van der Waals surface area contributed by atoms with E-state index in [1.807, 2.05) is 0 Å². The summed E-state index contributed by atoms with van der Waals surface area (Å²) in [4.78, 5) is 19.3. The fourth-order valence-electron chi connectivity index (χ4n) is 0.345. The van der Waals surface area contributed by atoms with Crippen LogP contribution in [0.15, 0.2) is 0 Å². The van der Waals surface area contributed by atoms with Gasteiger partial charge in [0.1, 0.15) is 12.7 Å². The van der Waals surface area contributed by atoms with E-state index in [4.69, 9.17) is 11.6 Å². The van der Waals surface area contributed by atoms with Gasteiger partial charge in [-0.05, 0) is 0 Å². The predicted octanol–water partition coefficient (Wildman–Crippen LogP) is -0.0602. The minimum Gasteiger partial charge on any atom is -0.464 e. The summed E-state index contributed by atoms with van der Waals surface area (Å²) in [6, 6.07) is 0. The van der Waals surface area contributed by atoms with Crippen molar-refractivity contribution in [2.75, 3.05) is 12.5 Å². The Balaban J connectivity index is 3.38. The largest absolute Gasteiger partial charge is 0.464 e. The molecule has 0 aromatic carbocycles. The first-order chi connectivity index (χ1) is 4.85. The van der Waals surface area contributed by atoms with Gasteiger partial charge in [-0.3, -0.25) is 9.59 Å². The number of carbonyl (C=O) groups excluding carboxylic acids is 2. The molecule has 0 rings (SSSR count). The highest BCUT2D eigenvalue weighted by atomic mass is 35.5. The summed E-state index contributed by atoms with van der Waals surface area (Å²) in [6.45, 7) is 0.542. The Morgan fingerprint density at radius 2 is 2.10 bits per heavy atom. The second-order valence-corrected chi connectivity index (χ2v) is 1.75. The van der Waals surface area contributed by atoms with Crippen molar-refractivity contribution in [1.82, 2.24) is 0 Å². The van der Waals surface area contributed by atoms with Crippen molar-refractivity contribution >= 4 is 24.5 Å². The molecule has 0 aliphatic heterocycles. The Kier molecular flexibility index (Phi) is 5.86. The third kappa shape index (κ3) is 4.14. The summed E-state index contributed by atoms with van der Waals surface area (Å²) in [6.07, 6.45) is -0.538. The van der Waals surface area contributed by atoms with E-state index in [2.05, 4.69) is 9.47 Å². The van der Waals surface area contributed by atoms with Gasteiger partial charge in [-0.2, -0.15) is 0 Å². The summed E-state index contributed by atoms with van der Waals surface area (Å²) in [5, 5.41) is 0. The average Bonchev–Trinajstić information content (AvgIpc) is 1.98. The molecule has 0 spiro atoms. The van der Waals surface area contributed by atoms with Gasteiger partial charge in [-0.25, -0.2) is 0 Å². The fraction of sp³-hybridized carbons (Fsp3) is 0.600. The smallest absolute Gasteiger partial charge is 0.293 e. The molecule has 1 unspecified atom stereocenters. The van der Waals surface area contributed by atoms with Gasteiger partial charge in [0.05, 0.1) is 5.88 Å². The minimum atomic E-state index is -0.538. The molecule has 0 aliphatic carbocycles. The monoisotopic (exact) mass is 166 g/mol. The van der Waals surface area contributed by atoms with Crippen molar-refractivity contribution in [2.45, 2.75) is 6.10 Å². The zero-order valence-corrected chi connectivity index (χ0v) is 5.91. The summed E-state index contributed by atoms with van der Waals surface area (Å²) in [5.41, 5.74) is 0. The van der Waals surface area contributed by atoms with Crippen LogP contribution >= 0.6 is 11.6 Å². The third-order valence-corrected chi connectivity index (χ3v) is 1.11. The van der Waals surface area contributed by atoms with Crippen LogP contribution in [0.5, 0.6) is 0 Å². The van der Waals surface area contributed by atoms with Crippen LogP contribution < -0.4 is 0 Å². The van der Waals surface area contributed by atoms with Crippen molar-refractivity contribution in [2.24, 2.45) is 0 Å². The lowest BCUT2D eigenvalue weighted by Gasteiger charge is -2.08. The molecule has 0 saturated heterocycles. The van der Waals surface area contributed by atoms with Gasteiger partial charge in [0.15, 0.2) is 0 Å². The van der Waals surface area contributed by atoms with Crippen LogP contribution in [0.1, 0.15) is 0 Å². The maximum atomic E-state index is 9.71. The first kappa shape index (κ1) is 9.23. The minimum absolute atomic E-state index is 0.00569. The molecule has 10 heavy (non-hydrogen) atoms. The van der Waals surface area contributed by atoms with Gasteiger partial charge in [0, 0.05) is 0 Å². The van der Waals surface area contributed by atoms with Crippen LogP contribution in [0.2, 0.25) is 0 Å². The maximum absolute atomic E-state index is 9.71. The molecule has 0 aliphatic rings. The predicted molar refractivity (Wildman–Crippen MR) is 33.7 cm³/mol. The lowest BCUT2D eigenvalue weighted by Crippen LogP contribution is -2.20. The van der Waals surface area contributed by atoms with Crippen LogP contribution in [0.4, 0.5) is 0 Å². The number of halogens is 1. The Labute approximate surface area is 63.1 Å². The van der Waals surface area contributed by atoms with Crippen molar-refractivity contribution < 1.29 is 19.1 Å².